The summed E-state index contributed by atoms with van der Waals surface area (Å²) in [7, 11) is -3.52. The van der Waals surface area contributed by atoms with Crippen LogP contribution in [0.25, 0.3) is 0 Å². The van der Waals surface area contributed by atoms with Gasteiger partial charge in [0.1, 0.15) is 12.4 Å². The second kappa shape index (κ2) is 10.5. The summed E-state index contributed by atoms with van der Waals surface area (Å²) in [5.41, 5.74) is 2.89. The van der Waals surface area contributed by atoms with E-state index in [1.54, 1.807) is 24.3 Å². The van der Waals surface area contributed by atoms with Gasteiger partial charge in [0.05, 0.1) is 18.2 Å². The van der Waals surface area contributed by atoms with E-state index in [9.17, 15) is 13.2 Å². The number of carbonyl (C=O) groups excluding carboxylic acids is 1. The molecule has 31 heavy (non-hydrogen) atoms. The average Bonchev–Trinajstić information content (AvgIpc) is 2.70. The number of aryl methyl sites for hydroxylation is 2. The maximum atomic E-state index is 12.8. The molecule has 0 spiro atoms. The van der Waals surface area contributed by atoms with Crippen molar-refractivity contribution in [1.82, 2.24) is 9.62 Å². The molecular formula is C23H29ClN2O4S. The molecule has 2 aromatic carbocycles. The van der Waals surface area contributed by atoms with Gasteiger partial charge >= 0.3 is 0 Å². The highest BCUT2D eigenvalue weighted by Gasteiger charge is 2.32. The first-order valence-corrected chi connectivity index (χ1v) is 12.4. The number of piperidine rings is 1. The van der Waals surface area contributed by atoms with Crippen LogP contribution in [0.4, 0.5) is 0 Å². The van der Waals surface area contributed by atoms with Crippen molar-refractivity contribution in [3.05, 3.63) is 64.2 Å². The molecule has 2 aromatic rings. The molecule has 0 aromatic heterocycles. The van der Waals surface area contributed by atoms with E-state index in [0.717, 1.165) is 16.9 Å². The topological polar surface area (TPSA) is 75.7 Å². The Morgan fingerprint density at radius 3 is 2.65 bits per heavy atom. The molecule has 0 radical (unpaired) electrons. The van der Waals surface area contributed by atoms with Gasteiger partial charge in [-0.3, -0.25) is 4.79 Å². The number of nitrogens with zero attached hydrogens (tertiary/aromatic N) is 1. The summed E-state index contributed by atoms with van der Waals surface area (Å²) < 4.78 is 32.8. The molecule has 8 heteroatoms. The van der Waals surface area contributed by atoms with E-state index in [4.69, 9.17) is 16.3 Å². The second-order valence-corrected chi connectivity index (χ2v) is 10.5. The molecule has 0 aliphatic carbocycles. The van der Waals surface area contributed by atoms with Crippen LogP contribution in [-0.2, 0) is 20.6 Å². The largest absolute Gasteiger partial charge is 0.492 e. The van der Waals surface area contributed by atoms with Gasteiger partial charge in [-0.1, -0.05) is 29.8 Å². The molecule has 1 amide bonds. The van der Waals surface area contributed by atoms with Crippen molar-refractivity contribution in [3.63, 3.8) is 0 Å². The minimum atomic E-state index is -3.52. The lowest BCUT2D eigenvalue weighted by molar-refractivity contribution is -0.126. The van der Waals surface area contributed by atoms with Gasteiger partial charge in [0.15, 0.2) is 0 Å². The zero-order valence-corrected chi connectivity index (χ0v) is 19.5. The number of rotatable bonds is 8. The first-order chi connectivity index (χ1) is 14.7. The maximum Gasteiger partial charge on any atom is 0.224 e. The molecular weight excluding hydrogens is 436 g/mol. The van der Waals surface area contributed by atoms with Gasteiger partial charge in [-0.05, 0) is 67.6 Å². The van der Waals surface area contributed by atoms with Gasteiger partial charge in [-0.2, -0.15) is 0 Å². The predicted molar refractivity (Wildman–Crippen MR) is 123 cm³/mol. The lowest BCUT2D eigenvalue weighted by Gasteiger charge is -2.31. The van der Waals surface area contributed by atoms with Crippen LogP contribution < -0.4 is 10.1 Å². The number of halogens is 1. The van der Waals surface area contributed by atoms with Crippen molar-refractivity contribution in [2.75, 3.05) is 26.2 Å². The number of hydrogen-bond acceptors (Lipinski definition) is 4. The molecule has 0 unspecified atom stereocenters. The van der Waals surface area contributed by atoms with Crippen LogP contribution in [0.1, 0.15) is 29.5 Å². The highest BCUT2D eigenvalue weighted by atomic mass is 35.5. The molecule has 168 valence electrons. The lowest BCUT2D eigenvalue weighted by atomic mass is 9.99. The fraction of sp³-hybridized carbons (Fsp3) is 0.435. The summed E-state index contributed by atoms with van der Waals surface area (Å²) in [5.74, 6) is 0.171. The van der Waals surface area contributed by atoms with Gasteiger partial charge in [0.2, 0.25) is 15.9 Å². The molecule has 3 rings (SSSR count). The normalized spacial score (nSPS) is 17.3. The van der Waals surface area contributed by atoms with Gasteiger partial charge in [-0.25, -0.2) is 12.7 Å². The highest BCUT2D eigenvalue weighted by Crippen LogP contribution is 2.22. The standard InChI is InChI=1S/C23H29ClN2O4S/c1-17-11-18(2)13-22(12-17)30-10-8-25-23(27)20-6-4-9-26(15-20)31(28,29)16-19-5-3-7-21(24)14-19/h3,5,7,11-14,20H,4,6,8-10,15-16H2,1-2H3,(H,25,27)/t20-/m1/s1. The van der Waals surface area contributed by atoms with Crippen molar-refractivity contribution < 1.29 is 17.9 Å². The minimum Gasteiger partial charge on any atom is -0.492 e. The van der Waals surface area contributed by atoms with Crippen LogP contribution in [0.2, 0.25) is 5.02 Å². The molecule has 0 bridgehead atoms. The molecule has 1 heterocycles. The number of benzene rings is 2. The predicted octanol–water partition coefficient (Wildman–Crippen LogP) is 3.69. The summed E-state index contributed by atoms with van der Waals surface area (Å²) in [6, 6.07) is 12.8. The molecule has 1 fully saturated rings. The third kappa shape index (κ3) is 6.95. The number of amides is 1. The summed E-state index contributed by atoms with van der Waals surface area (Å²) >= 11 is 5.97. The fourth-order valence-electron chi connectivity index (χ4n) is 3.84. The molecule has 1 N–H and O–H groups in total. The van der Waals surface area contributed by atoms with Crippen LogP contribution in [0.5, 0.6) is 5.75 Å². The smallest absolute Gasteiger partial charge is 0.224 e. The number of nitrogens with one attached hydrogen (secondary N) is 1. The third-order valence-corrected chi connectivity index (χ3v) is 7.30. The molecule has 1 aliphatic heterocycles. The van der Waals surface area contributed by atoms with Crippen molar-refractivity contribution in [3.8, 4) is 5.75 Å². The zero-order chi connectivity index (χ0) is 22.4. The highest BCUT2D eigenvalue weighted by molar-refractivity contribution is 7.88. The van der Waals surface area contributed by atoms with E-state index >= 15 is 0 Å². The Kier molecular flexibility index (Phi) is 7.97. The SMILES string of the molecule is Cc1cc(C)cc(OCCNC(=O)[C@@H]2CCCN(S(=O)(=O)Cc3cccc(Cl)c3)C2)c1. The maximum absolute atomic E-state index is 12.8. The van der Waals surface area contributed by atoms with Crippen molar-refractivity contribution in [1.29, 1.82) is 0 Å². The molecule has 0 saturated carbocycles. The summed E-state index contributed by atoms with van der Waals surface area (Å²) in [4.78, 5) is 12.6. The fourth-order valence-corrected chi connectivity index (χ4v) is 5.65. The van der Waals surface area contributed by atoms with E-state index in [1.165, 1.54) is 4.31 Å². The van der Waals surface area contributed by atoms with Crippen molar-refractivity contribution in [2.45, 2.75) is 32.4 Å². The number of sulfonamides is 1. The van der Waals surface area contributed by atoms with E-state index < -0.39 is 10.0 Å². The van der Waals surface area contributed by atoms with Crippen molar-refractivity contribution in [2.24, 2.45) is 5.92 Å². The zero-order valence-electron chi connectivity index (χ0n) is 17.9. The Morgan fingerprint density at radius 1 is 1.19 bits per heavy atom. The van der Waals surface area contributed by atoms with Crippen LogP contribution in [0.15, 0.2) is 42.5 Å². The van der Waals surface area contributed by atoms with E-state index in [0.29, 0.717) is 43.1 Å². The molecule has 1 saturated heterocycles. The van der Waals surface area contributed by atoms with Gasteiger partial charge < -0.3 is 10.1 Å². The first-order valence-electron chi connectivity index (χ1n) is 10.4. The Bertz CT molecular complexity index is 1010. The summed E-state index contributed by atoms with van der Waals surface area (Å²) in [5, 5.41) is 3.38. The number of hydrogen-bond donors (Lipinski definition) is 1. The van der Waals surface area contributed by atoms with Crippen molar-refractivity contribution >= 4 is 27.5 Å². The third-order valence-electron chi connectivity index (χ3n) is 5.25. The quantitative estimate of drug-likeness (QED) is 0.604. The van der Waals surface area contributed by atoms with Gasteiger partial charge in [-0.15, -0.1) is 0 Å². The Labute approximate surface area is 189 Å². The Morgan fingerprint density at radius 2 is 1.94 bits per heavy atom. The summed E-state index contributed by atoms with van der Waals surface area (Å²) in [6.45, 7) is 5.39. The second-order valence-electron chi connectivity index (χ2n) is 8.05. The van der Waals surface area contributed by atoms with Gasteiger partial charge in [0, 0.05) is 18.1 Å². The van der Waals surface area contributed by atoms with Crippen LogP contribution in [0, 0.1) is 19.8 Å². The minimum absolute atomic E-state index is 0.119. The summed E-state index contributed by atoms with van der Waals surface area (Å²) in [6.07, 6.45) is 1.33. The Balaban J connectivity index is 1.49. The average molecular weight is 465 g/mol. The van der Waals surface area contributed by atoms with E-state index in [1.807, 2.05) is 26.0 Å². The first kappa shape index (κ1) is 23.6. The van der Waals surface area contributed by atoms with E-state index in [-0.39, 0.29) is 24.1 Å². The van der Waals surface area contributed by atoms with E-state index in [2.05, 4.69) is 11.4 Å². The monoisotopic (exact) mass is 464 g/mol. The van der Waals surface area contributed by atoms with Crippen LogP contribution in [0.3, 0.4) is 0 Å². The van der Waals surface area contributed by atoms with Gasteiger partial charge in [0.25, 0.3) is 0 Å². The Hall–Kier alpha value is -2.09. The molecule has 1 atom stereocenters. The van der Waals surface area contributed by atoms with Crippen LogP contribution in [-0.4, -0.2) is 44.9 Å². The molecule has 6 nitrogen and oxygen atoms in total. The van der Waals surface area contributed by atoms with Crippen LogP contribution >= 0.6 is 11.6 Å². The lowest BCUT2D eigenvalue weighted by Crippen LogP contribution is -2.46. The number of carbonyl (C=O) groups is 1. The molecule has 1 aliphatic rings. The number of ether oxygens (including phenoxy) is 1.